The van der Waals surface area contributed by atoms with Crippen LogP contribution in [0.25, 0.3) is 0 Å². The van der Waals surface area contributed by atoms with Crippen molar-refractivity contribution in [2.75, 3.05) is 18.1 Å². The van der Waals surface area contributed by atoms with Crippen molar-refractivity contribution >= 4 is 11.8 Å². The number of pyridine rings is 1. The summed E-state index contributed by atoms with van der Waals surface area (Å²) in [4.78, 5) is 40.2. The molecule has 1 atom stereocenters. The lowest BCUT2D eigenvalue weighted by atomic mass is 10.1. The fourth-order valence-corrected chi connectivity index (χ4v) is 4.38. The number of benzene rings is 1. The lowest BCUT2D eigenvalue weighted by molar-refractivity contribution is -0.0504. The van der Waals surface area contributed by atoms with E-state index >= 15 is 0 Å². The van der Waals surface area contributed by atoms with E-state index in [0.29, 0.717) is 18.7 Å². The molecule has 2 aromatic rings. The molecule has 3 heterocycles. The van der Waals surface area contributed by atoms with Gasteiger partial charge in [-0.3, -0.25) is 24.1 Å². The number of hydrogen-bond acceptors (Lipinski definition) is 6. The lowest BCUT2D eigenvalue weighted by Gasteiger charge is -2.48. The number of rotatable bonds is 6. The van der Waals surface area contributed by atoms with Crippen LogP contribution in [-0.4, -0.2) is 52.4 Å². The normalized spacial score (nSPS) is 17.6. The molecule has 11 heteroatoms. The number of aromatic hydroxyl groups is 1. The molecule has 2 amide bonds. The van der Waals surface area contributed by atoms with E-state index in [1.54, 1.807) is 11.0 Å². The number of fused-ring (bicyclic) bond motifs is 3. The minimum Gasteiger partial charge on any atom is -0.502 e. The Morgan fingerprint density at radius 1 is 1.27 bits per heavy atom. The quantitative estimate of drug-likeness (QED) is 0.681. The average molecular weight is 462 g/mol. The van der Waals surface area contributed by atoms with Gasteiger partial charge >= 0.3 is 6.61 Å². The number of nitrogens with zero attached hydrogens (tertiary/aromatic N) is 3. The van der Waals surface area contributed by atoms with Gasteiger partial charge in [-0.1, -0.05) is 18.2 Å². The second-order valence-electron chi connectivity index (χ2n) is 7.81. The summed E-state index contributed by atoms with van der Waals surface area (Å²) in [6.07, 6.45) is 3.54. The number of carbonyl (C=O) groups excluding carboxylic acids is 2. The van der Waals surface area contributed by atoms with Crippen LogP contribution in [0.2, 0.25) is 0 Å². The number of para-hydroxylation sites is 1. The van der Waals surface area contributed by atoms with Gasteiger partial charge in [-0.15, -0.1) is 0 Å². The second kappa shape index (κ2) is 9.08. The molecule has 0 bridgehead atoms. The first-order valence-electron chi connectivity index (χ1n) is 10.7. The summed E-state index contributed by atoms with van der Waals surface area (Å²) >= 11 is 0. The van der Waals surface area contributed by atoms with E-state index in [1.165, 1.54) is 29.1 Å². The number of ether oxygens (including phenoxy) is 1. The Balaban J connectivity index is 1.65. The van der Waals surface area contributed by atoms with Crippen LogP contribution < -0.4 is 20.5 Å². The molecule has 1 saturated heterocycles. The fourth-order valence-electron chi connectivity index (χ4n) is 4.38. The number of halogens is 2. The van der Waals surface area contributed by atoms with Gasteiger partial charge in [-0.25, -0.2) is 0 Å². The Hall–Kier alpha value is -3.63. The van der Waals surface area contributed by atoms with Gasteiger partial charge in [0.2, 0.25) is 5.43 Å². The van der Waals surface area contributed by atoms with Gasteiger partial charge in [0.25, 0.3) is 11.8 Å². The Morgan fingerprint density at radius 2 is 2.03 bits per heavy atom. The van der Waals surface area contributed by atoms with E-state index in [0.717, 1.165) is 19.3 Å². The molecule has 0 aliphatic carbocycles. The highest BCUT2D eigenvalue weighted by Crippen LogP contribution is 2.29. The van der Waals surface area contributed by atoms with E-state index in [-0.39, 0.29) is 29.7 Å². The van der Waals surface area contributed by atoms with Crippen LogP contribution in [0.15, 0.2) is 35.3 Å². The number of piperidine rings is 1. The number of hydrogen-bond donors (Lipinski definition) is 2. The van der Waals surface area contributed by atoms with Crippen LogP contribution in [0.3, 0.4) is 0 Å². The minimum absolute atomic E-state index is 0.0979. The average Bonchev–Trinajstić information content (AvgIpc) is 2.80. The SMILES string of the molecule is CCN1C(=O)c2c(O)c(=O)c(C(=O)NCc3ccccc3OC(F)F)cn2N2CCCC[C@@H]12. The summed E-state index contributed by atoms with van der Waals surface area (Å²) in [6, 6.07) is 5.96. The van der Waals surface area contributed by atoms with Crippen LogP contribution in [0.5, 0.6) is 11.5 Å². The maximum atomic E-state index is 13.0. The largest absolute Gasteiger partial charge is 0.502 e. The second-order valence-corrected chi connectivity index (χ2v) is 7.81. The molecule has 0 unspecified atom stereocenters. The maximum Gasteiger partial charge on any atom is 0.387 e. The monoisotopic (exact) mass is 462 g/mol. The van der Waals surface area contributed by atoms with Crippen molar-refractivity contribution in [2.45, 2.75) is 45.5 Å². The van der Waals surface area contributed by atoms with Crippen molar-refractivity contribution in [1.82, 2.24) is 14.9 Å². The number of alkyl halides is 2. The summed E-state index contributed by atoms with van der Waals surface area (Å²) in [5.41, 5.74) is -1.22. The molecule has 33 heavy (non-hydrogen) atoms. The van der Waals surface area contributed by atoms with Crippen LogP contribution in [0.1, 0.15) is 52.6 Å². The molecule has 0 radical (unpaired) electrons. The number of amides is 2. The number of carbonyl (C=O) groups is 2. The standard InChI is InChI=1S/C22H24F2N4O5/c1-2-26-16-9-5-6-10-27(16)28-12-14(18(29)19(30)17(28)21(26)32)20(31)25-11-13-7-3-4-8-15(13)33-22(23)24/h3-4,7-8,12,16,22,30H,2,5-6,9-11H2,1H3,(H,25,31)/t16-/m0/s1. The zero-order valence-corrected chi connectivity index (χ0v) is 18.0. The van der Waals surface area contributed by atoms with E-state index < -0.39 is 29.6 Å². The van der Waals surface area contributed by atoms with Crippen LogP contribution in [-0.2, 0) is 6.54 Å². The molecule has 9 nitrogen and oxygen atoms in total. The van der Waals surface area contributed by atoms with Crippen molar-refractivity contribution in [2.24, 2.45) is 0 Å². The van der Waals surface area contributed by atoms with Gasteiger partial charge in [0.05, 0.1) is 0 Å². The molecule has 176 valence electrons. The molecule has 1 aromatic heterocycles. The summed E-state index contributed by atoms with van der Waals surface area (Å²) in [5, 5.41) is 15.0. The molecule has 0 spiro atoms. The zero-order chi connectivity index (χ0) is 23.7. The van der Waals surface area contributed by atoms with Gasteiger partial charge in [-0.2, -0.15) is 8.78 Å². The van der Waals surface area contributed by atoms with Gasteiger partial charge in [-0.05, 0) is 32.3 Å². The van der Waals surface area contributed by atoms with Crippen LogP contribution in [0.4, 0.5) is 8.78 Å². The number of aromatic nitrogens is 1. The third-order valence-electron chi connectivity index (χ3n) is 5.92. The Morgan fingerprint density at radius 3 is 2.76 bits per heavy atom. The van der Waals surface area contributed by atoms with Gasteiger partial charge in [0, 0.05) is 31.4 Å². The summed E-state index contributed by atoms with van der Waals surface area (Å²) in [7, 11) is 0. The highest BCUT2D eigenvalue weighted by atomic mass is 19.3. The van der Waals surface area contributed by atoms with Crippen molar-refractivity contribution in [3.63, 3.8) is 0 Å². The minimum atomic E-state index is -3.03. The predicted octanol–water partition coefficient (Wildman–Crippen LogP) is 2.01. The summed E-state index contributed by atoms with van der Waals surface area (Å²) in [5.74, 6) is -2.17. The van der Waals surface area contributed by atoms with Gasteiger partial charge in [0.1, 0.15) is 17.5 Å². The topological polar surface area (TPSA) is 104 Å². The van der Waals surface area contributed by atoms with Crippen molar-refractivity contribution < 1.29 is 28.2 Å². The number of nitrogens with one attached hydrogen (secondary N) is 1. The third-order valence-corrected chi connectivity index (χ3v) is 5.92. The van der Waals surface area contributed by atoms with Crippen molar-refractivity contribution in [3.05, 3.63) is 57.5 Å². The van der Waals surface area contributed by atoms with Crippen LogP contribution in [0, 0.1) is 0 Å². The maximum absolute atomic E-state index is 13.0. The highest BCUT2D eigenvalue weighted by molar-refractivity contribution is 5.99. The smallest absolute Gasteiger partial charge is 0.387 e. The lowest BCUT2D eigenvalue weighted by Crippen LogP contribution is -2.63. The summed E-state index contributed by atoms with van der Waals surface area (Å²) in [6.45, 7) is -0.383. The van der Waals surface area contributed by atoms with Crippen LogP contribution >= 0.6 is 0 Å². The Labute approximate surface area is 188 Å². The zero-order valence-electron chi connectivity index (χ0n) is 18.0. The van der Waals surface area contributed by atoms with E-state index in [4.69, 9.17) is 0 Å². The molecule has 4 rings (SSSR count). The molecule has 2 aliphatic rings. The Bertz CT molecular complexity index is 1140. The summed E-state index contributed by atoms with van der Waals surface area (Å²) < 4.78 is 31.1. The molecular weight excluding hydrogens is 438 g/mol. The van der Waals surface area contributed by atoms with Crippen molar-refractivity contribution in [3.8, 4) is 11.5 Å². The first-order valence-corrected chi connectivity index (χ1v) is 10.7. The van der Waals surface area contributed by atoms with Crippen molar-refractivity contribution in [1.29, 1.82) is 0 Å². The third kappa shape index (κ3) is 4.10. The first-order chi connectivity index (χ1) is 15.8. The molecule has 0 saturated carbocycles. The predicted molar refractivity (Wildman–Crippen MR) is 114 cm³/mol. The first kappa shape index (κ1) is 22.6. The molecule has 1 fully saturated rings. The Kier molecular flexibility index (Phi) is 6.21. The molecule has 2 aliphatic heterocycles. The fraction of sp³-hybridized carbons (Fsp3) is 0.409. The van der Waals surface area contributed by atoms with Gasteiger partial charge in [0.15, 0.2) is 11.4 Å². The molecule has 2 N–H and O–H groups in total. The molecular formula is C22H24F2N4O5. The van der Waals surface area contributed by atoms with E-state index in [1.807, 2.05) is 11.9 Å². The van der Waals surface area contributed by atoms with E-state index in [9.17, 15) is 28.3 Å². The highest BCUT2D eigenvalue weighted by Gasteiger charge is 2.40. The van der Waals surface area contributed by atoms with Gasteiger partial charge < -0.3 is 20.1 Å². The van der Waals surface area contributed by atoms with E-state index in [2.05, 4.69) is 10.1 Å². The molecule has 1 aromatic carbocycles.